The molecule has 6 heteroatoms. The van der Waals surface area contributed by atoms with Crippen LogP contribution in [0.1, 0.15) is 37.1 Å². The van der Waals surface area contributed by atoms with Crippen molar-refractivity contribution >= 4 is 6.03 Å². The molecule has 0 aromatic carbocycles. The summed E-state index contributed by atoms with van der Waals surface area (Å²) in [4.78, 5) is 17.1. The Morgan fingerprint density at radius 2 is 2.09 bits per heavy atom. The van der Waals surface area contributed by atoms with Gasteiger partial charge in [0.2, 0.25) is 0 Å². The monoisotopic (exact) mass is 305 g/mol. The van der Waals surface area contributed by atoms with Gasteiger partial charge in [-0.15, -0.1) is 0 Å². The van der Waals surface area contributed by atoms with E-state index in [4.69, 9.17) is 0 Å². The first-order valence-corrected chi connectivity index (χ1v) is 8.21. The predicted molar refractivity (Wildman–Crippen MR) is 85.6 cm³/mol. The number of nitrogens with one attached hydrogen (secondary N) is 1. The van der Waals surface area contributed by atoms with E-state index in [1.54, 1.807) is 0 Å². The van der Waals surface area contributed by atoms with E-state index in [1.807, 2.05) is 36.7 Å². The molecule has 2 saturated heterocycles. The van der Waals surface area contributed by atoms with Crippen LogP contribution in [0.25, 0.3) is 0 Å². The molecule has 1 N–H and O–H groups in total. The summed E-state index contributed by atoms with van der Waals surface area (Å²) in [5.41, 5.74) is 2.19. The number of aryl methyl sites for hydroxylation is 1. The minimum atomic E-state index is -0.0124. The number of fused-ring (bicyclic) bond motifs is 1. The van der Waals surface area contributed by atoms with Gasteiger partial charge in [-0.05, 0) is 46.2 Å². The Labute approximate surface area is 132 Å². The lowest BCUT2D eigenvalue weighted by atomic mass is 9.92. The molecule has 2 aliphatic rings. The van der Waals surface area contributed by atoms with Crippen LogP contribution in [0.2, 0.25) is 0 Å². The number of aromatic nitrogens is 2. The van der Waals surface area contributed by atoms with Crippen molar-refractivity contribution in [2.24, 2.45) is 13.0 Å². The Kier molecular flexibility index (Phi) is 4.12. The molecule has 3 unspecified atom stereocenters. The van der Waals surface area contributed by atoms with Crippen LogP contribution in [-0.2, 0) is 7.05 Å². The van der Waals surface area contributed by atoms with Crippen molar-refractivity contribution < 1.29 is 4.79 Å². The zero-order chi connectivity index (χ0) is 15.9. The zero-order valence-electron chi connectivity index (χ0n) is 14.0. The molecule has 2 amide bonds. The van der Waals surface area contributed by atoms with Crippen molar-refractivity contribution in [1.29, 1.82) is 0 Å². The van der Waals surface area contributed by atoms with Crippen molar-refractivity contribution in [2.75, 3.05) is 26.7 Å². The number of hydrogen-bond acceptors (Lipinski definition) is 3. The third kappa shape index (κ3) is 2.72. The SMILES string of the molecule is Cc1c(C(C)NC(=O)N2CCC3CCN(C)CC32)cnn1C. The van der Waals surface area contributed by atoms with Gasteiger partial charge >= 0.3 is 6.03 Å². The third-order valence-corrected chi connectivity index (χ3v) is 5.41. The molecule has 22 heavy (non-hydrogen) atoms. The number of carbonyl (C=O) groups is 1. The van der Waals surface area contributed by atoms with Crippen LogP contribution in [0.4, 0.5) is 4.79 Å². The highest BCUT2D eigenvalue weighted by atomic mass is 16.2. The van der Waals surface area contributed by atoms with E-state index in [9.17, 15) is 4.79 Å². The van der Waals surface area contributed by atoms with Gasteiger partial charge in [0, 0.05) is 37.4 Å². The van der Waals surface area contributed by atoms with Gasteiger partial charge in [-0.3, -0.25) is 4.68 Å². The summed E-state index contributed by atoms with van der Waals surface area (Å²) in [5.74, 6) is 0.678. The fraction of sp³-hybridized carbons (Fsp3) is 0.750. The molecule has 0 saturated carbocycles. The summed E-state index contributed by atoms with van der Waals surface area (Å²) >= 11 is 0. The summed E-state index contributed by atoms with van der Waals surface area (Å²) in [6.45, 7) is 7.10. The van der Waals surface area contributed by atoms with Crippen LogP contribution >= 0.6 is 0 Å². The summed E-state index contributed by atoms with van der Waals surface area (Å²) in [5, 5.41) is 7.42. The first kappa shape index (κ1) is 15.3. The smallest absolute Gasteiger partial charge is 0.318 e. The second-order valence-corrected chi connectivity index (χ2v) is 6.84. The van der Waals surface area contributed by atoms with Gasteiger partial charge in [0.15, 0.2) is 0 Å². The second-order valence-electron chi connectivity index (χ2n) is 6.84. The topological polar surface area (TPSA) is 53.4 Å². The Bertz CT molecular complexity index is 555. The number of carbonyl (C=O) groups excluding carboxylic acids is 1. The minimum Gasteiger partial charge on any atom is -0.331 e. The van der Waals surface area contributed by atoms with Crippen molar-refractivity contribution in [2.45, 2.75) is 38.8 Å². The van der Waals surface area contributed by atoms with E-state index in [0.717, 1.165) is 37.3 Å². The highest BCUT2D eigenvalue weighted by molar-refractivity contribution is 5.75. The minimum absolute atomic E-state index is 0.0124. The average Bonchev–Trinajstić information content (AvgIpc) is 3.03. The quantitative estimate of drug-likeness (QED) is 0.901. The van der Waals surface area contributed by atoms with Gasteiger partial charge in [-0.25, -0.2) is 4.79 Å². The number of hydrogen-bond donors (Lipinski definition) is 1. The molecular weight excluding hydrogens is 278 g/mol. The lowest BCUT2D eigenvalue weighted by Gasteiger charge is -2.36. The van der Waals surface area contributed by atoms with E-state index < -0.39 is 0 Å². The maximum absolute atomic E-state index is 12.7. The van der Waals surface area contributed by atoms with Crippen LogP contribution in [0, 0.1) is 12.8 Å². The molecule has 3 rings (SSSR count). The standard InChI is InChI=1S/C16H27N5O/c1-11(14-9-17-20(4)12(14)2)18-16(22)21-8-6-13-5-7-19(3)10-15(13)21/h9,11,13,15H,5-8,10H2,1-4H3,(H,18,22). The summed E-state index contributed by atoms with van der Waals surface area (Å²) in [6.07, 6.45) is 4.20. The maximum Gasteiger partial charge on any atom is 0.318 e. The van der Waals surface area contributed by atoms with Crippen LogP contribution < -0.4 is 5.32 Å². The maximum atomic E-state index is 12.7. The Hall–Kier alpha value is -1.56. The van der Waals surface area contributed by atoms with Gasteiger partial charge in [-0.1, -0.05) is 0 Å². The number of likely N-dealkylation sites (N-methyl/N-ethyl adjacent to an activating group) is 1. The molecule has 3 heterocycles. The highest BCUT2D eigenvalue weighted by Crippen LogP contribution is 2.31. The Morgan fingerprint density at radius 3 is 2.77 bits per heavy atom. The van der Waals surface area contributed by atoms with E-state index >= 15 is 0 Å². The molecule has 0 spiro atoms. The number of amides is 2. The molecule has 0 bridgehead atoms. The Balaban J connectivity index is 1.65. The van der Waals surface area contributed by atoms with E-state index in [1.165, 1.54) is 6.42 Å². The Morgan fingerprint density at radius 1 is 1.36 bits per heavy atom. The lowest BCUT2D eigenvalue weighted by molar-refractivity contribution is 0.129. The third-order valence-electron chi connectivity index (χ3n) is 5.41. The summed E-state index contributed by atoms with van der Waals surface area (Å²) in [7, 11) is 4.07. The number of likely N-dealkylation sites (tertiary alicyclic amines) is 2. The predicted octanol–water partition coefficient (Wildman–Crippen LogP) is 1.53. The van der Waals surface area contributed by atoms with E-state index in [0.29, 0.717) is 12.0 Å². The average molecular weight is 305 g/mol. The number of urea groups is 1. The number of piperidine rings is 1. The fourth-order valence-electron chi connectivity index (χ4n) is 3.84. The van der Waals surface area contributed by atoms with E-state index in [-0.39, 0.29) is 12.1 Å². The molecule has 0 aliphatic carbocycles. The van der Waals surface area contributed by atoms with Gasteiger partial charge in [0.05, 0.1) is 12.2 Å². The van der Waals surface area contributed by atoms with Crippen LogP contribution in [0.15, 0.2) is 6.20 Å². The molecule has 2 fully saturated rings. The first-order valence-electron chi connectivity index (χ1n) is 8.21. The zero-order valence-corrected chi connectivity index (χ0v) is 14.0. The van der Waals surface area contributed by atoms with Crippen molar-refractivity contribution in [3.8, 4) is 0 Å². The lowest BCUT2D eigenvalue weighted by Crippen LogP contribution is -2.51. The first-order chi connectivity index (χ1) is 10.5. The largest absolute Gasteiger partial charge is 0.331 e. The normalized spacial score (nSPS) is 26.8. The van der Waals surface area contributed by atoms with Gasteiger partial charge in [0.1, 0.15) is 0 Å². The fourth-order valence-corrected chi connectivity index (χ4v) is 3.84. The molecule has 3 atom stereocenters. The van der Waals surface area contributed by atoms with E-state index in [2.05, 4.69) is 22.4 Å². The van der Waals surface area contributed by atoms with Crippen LogP contribution in [0.3, 0.4) is 0 Å². The summed E-state index contributed by atoms with van der Waals surface area (Å²) < 4.78 is 1.85. The molecule has 1 aromatic heterocycles. The number of nitrogens with zero attached hydrogens (tertiary/aromatic N) is 4. The highest BCUT2D eigenvalue weighted by Gasteiger charge is 2.40. The molecule has 6 nitrogen and oxygen atoms in total. The van der Waals surface area contributed by atoms with Crippen LogP contribution in [0.5, 0.6) is 0 Å². The summed E-state index contributed by atoms with van der Waals surface area (Å²) in [6, 6.07) is 0.432. The van der Waals surface area contributed by atoms with Crippen LogP contribution in [-0.4, -0.2) is 58.3 Å². The number of rotatable bonds is 2. The molecule has 122 valence electrons. The van der Waals surface area contributed by atoms with Crippen molar-refractivity contribution in [3.05, 3.63) is 17.5 Å². The van der Waals surface area contributed by atoms with Gasteiger partial charge < -0.3 is 15.1 Å². The molecule has 0 radical (unpaired) electrons. The van der Waals surface area contributed by atoms with Gasteiger partial charge in [-0.2, -0.15) is 5.10 Å². The molecule has 2 aliphatic heterocycles. The second kappa shape index (κ2) is 5.91. The van der Waals surface area contributed by atoms with Crippen molar-refractivity contribution in [1.82, 2.24) is 24.9 Å². The molecule has 1 aromatic rings. The molecular formula is C16H27N5O. The van der Waals surface area contributed by atoms with Gasteiger partial charge in [0.25, 0.3) is 0 Å². The van der Waals surface area contributed by atoms with Crippen molar-refractivity contribution in [3.63, 3.8) is 0 Å².